The third-order valence-corrected chi connectivity index (χ3v) is 8.16. The number of likely N-dealkylation sites (tertiary alicyclic amines) is 1. The van der Waals surface area contributed by atoms with Gasteiger partial charge in [-0.25, -0.2) is 13.6 Å². The van der Waals surface area contributed by atoms with Crippen LogP contribution in [-0.2, 0) is 20.9 Å². The maximum Gasteiger partial charge on any atom is 0.410 e. The Hall–Kier alpha value is -3.28. The topological polar surface area (TPSA) is 102 Å². The standard InChI is InChI=1S/C28H37F2N5O5/c1-27(2,3)40-26(39)34-10-8-28(30,9-11-34)17-32-12-14-33(15-13-32)20-5-4-18-19(23(20)29)16-35(25(18)38)21-6-7-22(36)31-24(21)37/h4-5,21H,6-17H2,1-3H3,(H,31,36,37). The van der Waals surface area contributed by atoms with Crippen LogP contribution in [0, 0.1) is 5.82 Å². The zero-order valence-corrected chi connectivity index (χ0v) is 23.3. The van der Waals surface area contributed by atoms with Crippen molar-refractivity contribution >= 4 is 29.5 Å². The minimum atomic E-state index is -1.40. The van der Waals surface area contributed by atoms with Crippen molar-refractivity contribution < 1.29 is 32.7 Å². The smallest absolute Gasteiger partial charge is 0.410 e. The van der Waals surface area contributed by atoms with Crippen LogP contribution in [0.2, 0.25) is 0 Å². The first-order valence-electron chi connectivity index (χ1n) is 13.9. The number of carbonyl (C=O) groups excluding carboxylic acids is 4. The number of piperidine rings is 2. The molecule has 0 aliphatic carbocycles. The summed E-state index contributed by atoms with van der Waals surface area (Å²) in [5.74, 6) is -1.80. The molecule has 0 spiro atoms. The van der Waals surface area contributed by atoms with Crippen LogP contribution in [0.4, 0.5) is 19.3 Å². The average Bonchev–Trinajstić information content (AvgIpc) is 3.21. The summed E-state index contributed by atoms with van der Waals surface area (Å²) in [7, 11) is 0. The normalized spacial score (nSPS) is 23.8. The van der Waals surface area contributed by atoms with Gasteiger partial charge >= 0.3 is 6.09 Å². The minimum Gasteiger partial charge on any atom is -0.444 e. The van der Waals surface area contributed by atoms with Crippen molar-refractivity contribution in [1.82, 2.24) is 20.0 Å². The van der Waals surface area contributed by atoms with E-state index in [-0.39, 0.29) is 55.8 Å². The quantitative estimate of drug-likeness (QED) is 0.564. The van der Waals surface area contributed by atoms with E-state index in [4.69, 9.17) is 4.74 Å². The Morgan fingerprint density at radius 1 is 1.07 bits per heavy atom. The summed E-state index contributed by atoms with van der Waals surface area (Å²) in [5.41, 5.74) is -1.12. The maximum absolute atomic E-state index is 15.7. The number of hydrogen-bond donors (Lipinski definition) is 1. The van der Waals surface area contributed by atoms with Gasteiger partial charge in [0.05, 0.1) is 12.2 Å². The number of halogens is 2. The van der Waals surface area contributed by atoms with Gasteiger partial charge in [-0.2, -0.15) is 0 Å². The van der Waals surface area contributed by atoms with Crippen LogP contribution in [0.15, 0.2) is 12.1 Å². The Kier molecular flexibility index (Phi) is 7.49. The van der Waals surface area contributed by atoms with E-state index < -0.39 is 41.0 Å². The molecule has 218 valence electrons. The van der Waals surface area contributed by atoms with E-state index in [2.05, 4.69) is 5.32 Å². The highest BCUT2D eigenvalue weighted by Crippen LogP contribution is 2.35. The molecule has 10 nitrogen and oxygen atoms in total. The Bertz CT molecular complexity index is 1200. The van der Waals surface area contributed by atoms with Gasteiger partial charge in [-0.15, -0.1) is 0 Å². The maximum atomic E-state index is 15.7. The molecule has 1 aromatic rings. The monoisotopic (exact) mass is 561 g/mol. The number of alkyl halides is 1. The number of rotatable bonds is 4. The molecule has 4 aliphatic rings. The van der Waals surface area contributed by atoms with Crippen LogP contribution >= 0.6 is 0 Å². The number of carbonyl (C=O) groups is 4. The van der Waals surface area contributed by atoms with Crippen LogP contribution in [0.25, 0.3) is 0 Å². The van der Waals surface area contributed by atoms with Crippen LogP contribution in [0.1, 0.15) is 62.4 Å². The first-order valence-corrected chi connectivity index (χ1v) is 13.9. The number of anilines is 1. The number of benzene rings is 1. The van der Waals surface area contributed by atoms with E-state index in [1.54, 1.807) is 37.8 Å². The second-order valence-electron chi connectivity index (χ2n) is 12.2. The Morgan fingerprint density at radius 3 is 2.38 bits per heavy atom. The summed E-state index contributed by atoms with van der Waals surface area (Å²) < 4.78 is 36.7. The summed E-state index contributed by atoms with van der Waals surface area (Å²) in [6.45, 7) is 8.37. The molecule has 1 aromatic carbocycles. The van der Waals surface area contributed by atoms with Gasteiger partial charge in [0.2, 0.25) is 11.8 Å². The highest BCUT2D eigenvalue weighted by atomic mass is 19.1. The summed E-state index contributed by atoms with van der Waals surface area (Å²) >= 11 is 0. The molecule has 3 fully saturated rings. The van der Waals surface area contributed by atoms with E-state index in [1.807, 2.05) is 9.80 Å². The van der Waals surface area contributed by atoms with Gasteiger partial charge in [0, 0.05) is 76.2 Å². The third kappa shape index (κ3) is 5.77. The van der Waals surface area contributed by atoms with Gasteiger partial charge in [0.1, 0.15) is 17.3 Å². The molecule has 4 aliphatic heterocycles. The first-order chi connectivity index (χ1) is 18.8. The third-order valence-electron chi connectivity index (χ3n) is 8.16. The lowest BCUT2D eigenvalue weighted by atomic mass is 9.92. The Balaban J connectivity index is 1.16. The molecule has 1 atom stereocenters. The second-order valence-corrected chi connectivity index (χ2v) is 12.2. The number of hydrogen-bond acceptors (Lipinski definition) is 7. The number of imide groups is 1. The zero-order valence-electron chi connectivity index (χ0n) is 23.3. The van der Waals surface area contributed by atoms with E-state index in [0.29, 0.717) is 45.0 Å². The van der Waals surface area contributed by atoms with Crippen molar-refractivity contribution in [2.75, 3.05) is 50.7 Å². The molecule has 0 aromatic heterocycles. The molecule has 0 bridgehead atoms. The summed E-state index contributed by atoms with van der Waals surface area (Å²) in [6, 6.07) is 2.40. The fourth-order valence-corrected chi connectivity index (χ4v) is 5.96. The molecule has 4 amide bonds. The lowest BCUT2D eigenvalue weighted by Crippen LogP contribution is -2.54. The van der Waals surface area contributed by atoms with E-state index in [9.17, 15) is 19.2 Å². The molecule has 1 unspecified atom stereocenters. The SMILES string of the molecule is CC(C)(C)OC(=O)N1CCC(F)(CN2CCN(c3ccc4c(c3F)CN(C3CCC(=O)NC3=O)C4=O)CC2)CC1. The predicted octanol–water partition coefficient (Wildman–Crippen LogP) is 2.45. The number of ether oxygens (including phenoxy) is 1. The van der Waals surface area contributed by atoms with Crippen molar-refractivity contribution in [2.24, 2.45) is 0 Å². The van der Waals surface area contributed by atoms with Crippen molar-refractivity contribution in [3.05, 3.63) is 29.1 Å². The molecule has 0 radical (unpaired) electrons. The minimum absolute atomic E-state index is 0.0230. The molecular weight excluding hydrogens is 524 g/mol. The van der Waals surface area contributed by atoms with Crippen LogP contribution in [0.3, 0.4) is 0 Å². The highest BCUT2D eigenvalue weighted by molar-refractivity contribution is 6.05. The lowest BCUT2D eigenvalue weighted by Gasteiger charge is -2.42. The van der Waals surface area contributed by atoms with Crippen LogP contribution in [-0.4, -0.2) is 102 Å². The number of nitrogens with zero attached hydrogens (tertiary/aromatic N) is 4. The molecule has 3 saturated heterocycles. The van der Waals surface area contributed by atoms with Crippen molar-refractivity contribution in [2.45, 2.75) is 70.3 Å². The number of nitrogens with one attached hydrogen (secondary N) is 1. The second kappa shape index (κ2) is 10.6. The van der Waals surface area contributed by atoms with Crippen LogP contribution < -0.4 is 10.2 Å². The van der Waals surface area contributed by atoms with Crippen molar-refractivity contribution in [3.63, 3.8) is 0 Å². The fraction of sp³-hybridized carbons (Fsp3) is 0.643. The molecule has 4 heterocycles. The highest BCUT2D eigenvalue weighted by Gasteiger charge is 2.42. The Morgan fingerprint density at radius 2 is 1.75 bits per heavy atom. The summed E-state index contributed by atoms with van der Waals surface area (Å²) in [4.78, 5) is 55.9. The largest absolute Gasteiger partial charge is 0.444 e. The number of fused-ring (bicyclic) bond motifs is 1. The van der Waals surface area contributed by atoms with Gasteiger partial charge in [0.25, 0.3) is 5.91 Å². The first kappa shape index (κ1) is 28.3. The summed E-state index contributed by atoms with van der Waals surface area (Å²) in [5, 5.41) is 2.25. The van der Waals surface area contributed by atoms with Gasteiger partial charge < -0.3 is 19.4 Å². The van der Waals surface area contributed by atoms with Gasteiger partial charge in [-0.3, -0.25) is 24.6 Å². The Labute approximate surface area is 232 Å². The molecule has 5 rings (SSSR count). The molecule has 12 heteroatoms. The van der Waals surface area contributed by atoms with E-state index in [0.717, 1.165) is 0 Å². The van der Waals surface area contributed by atoms with Crippen molar-refractivity contribution in [3.8, 4) is 0 Å². The molecular formula is C28H37F2N5O5. The van der Waals surface area contributed by atoms with Gasteiger partial charge in [-0.05, 0) is 39.3 Å². The predicted molar refractivity (Wildman–Crippen MR) is 142 cm³/mol. The number of amides is 4. The fourth-order valence-electron chi connectivity index (χ4n) is 5.96. The van der Waals surface area contributed by atoms with Gasteiger partial charge in [0.15, 0.2) is 5.82 Å². The summed E-state index contributed by atoms with van der Waals surface area (Å²) in [6.07, 6.45) is 0.418. The average molecular weight is 562 g/mol. The van der Waals surface area contributed by atoms with E-state index >= 15 is 8.78 Å². The molecule has 1 N–H and O–H groups in total. The number of piperazine rings is 1. The molecule has 0 saturated carbocycles. The van der Waals surface area contributed by atoms with Crippen LogP contribution in [0.5, 0.6) is 0 Å². The van der Waals surface area contributed by atoms with E-state index in [1.165, 1.54) is 4.90 Å². The zero-order chi connectivity index (χ0) is 28.8. The molecule has 40 heavy (non-hydrogen) atoms. The van der Waals surface area contributed by atoms with Crippen molar-refractivity contribution in [1.29, 1.82) is 0 Å². The van der Waals surface area contributed by atoms with Gasteiger partial charge in [-0.1, -0.05) is 0 Å². The lowest BCUT2D eigenvalue weighted by molar-refractivity contribution is -0.136.